The summed E-state index contributed by atoms with van der Waals surface area (Å²) >= 11 is 0. The van der Waals surface area contributed by atoms with Crippen molar-refractivity contribution in [2.75, 3.05) is 6.61 Å². The molecule has 7 aromatic carbocycles. The molecule has 5 aliphatic carbocycles. The van der Waals surface area contributed by atoms with Gasteiger partial charge in [0.1, 0.15) is 17.6 Å². The van der Waals surface area contributed by atoms with Crippen LogP contribution in [0.2, 0.25) is 0 Å². The Labute approximate surface area is 572 Å². The maximum absolute atomic E-state index is 14.6. The number of benzene rings is 7. The minimum absolute atomic E-state index is 0.0117. The maximum Gasteiger partial charge on any atom is 0.268 e. The molecule has 0 spiro atoms. The van der Waals surface area contributed by atoms with E-state index >= 15 is 0 Å². The number of nitrogens with zero attached hydrogens (tertiary/aromatic N) is 1. The third-order valence-electron chi connectivity index (χ3n) is 25.0. The summed E-state index contributed by atoms with van der Waals surface area (Å²) in [5, 5.41) is 49.5. The second kappa shape index (κ2) is 26.8. The lowest BCUT2D eigenvalue weighted by Gasteiger charge is -2.57. The molecule has 10 bridgehead atoms. The van der Waals surface area contributed by atoms with Gasteiger partial charge in [-0.1, -0.05) is 172 Å². The van der Waals surface area contributed by atoms with Crippen LogP contribution >= 0.6 is 0 Å². The van der Waals surface area contributed by atoms with Gasteiger partial charge in [0.2, 0.25) is 5.72 Å². The first-order chi connectivity index (χ1) is 46.9. The van der Waals surface area contributed by atoms with Crippen LogP contribution in [-0.4, -0.2) is 62.9 Å². The van der Waals surface area contributed by atoms with Gasteiger partial charge in [0.05, 0.1) is 23.1 Å². The first-order valence-electron chi connectivity index (χ1n) is 36.2. The monoisotopic (exact) mass is 1320 g/mol. The molecule has 0 radical (unpaired) electrons. The van der Waals surface area contributed by atoms with Gasteiger partial charge in [0.25, 0.3) is 10.1 Å². The fourth-order valence-electron chi connectivity index (χ4n) is 20.3. The molecule has 10 aliphatic rings. The van der Waals surface area contributed by atoms with E-state index in [9.17, 15) is 33.4 Å². The summed E-state index contributed by atoms with van der Waals surface area (Å²) in [5.74, 6) is 5.67. The van der Waals surface area contributed by atoms with Crippen molar-refractivity contribution >= 4 is 26.9 Å². The van der Waals surface area contributed by atoms with E-state index in [1.165, 1.54) is 47.6 Å². The molecule has 18 atom stereocenters. The molecule has 9 N–H and O–H groups in total. The predicted octanol–water partition coefficient (Wildman–Crippen LogP) is 15.5. The van der Waals surface area contributed by atoms with Gasteiger partial charge in [-0.2, -0.15) is 8.42 Å². The zero-order chi connectivity index (χ0) is 66.9. The highest BCUT2D eigenvalue weighted by Gasteiger charge is 2.60. The molecule has 0 unspecified atom stereocenters. The van der Waals surface area contributed by atoms with Gasteiger partial charge in [-0.15, -0.1) is 0 Å². The summed E-state index contributed by atoms with van der Waals surface area (Å²) in [5.41, 5.74) is 22.5. The van der Waals surface area contributed by atoms with Gasteiger partial charge >= 0.3 is 0 Å². The van der Waals surface area contributed by atoms with Crippen LogP contribution in [0.1, 0.15) is 207 Å². The Balaban J connectivity index is 0.826. The second-order valence-electron chi connectivity index (χ2n) is 30.8. The quantitative estimate of drug-likeness (QED) is 0.0212. The second-order valence-corrected chi connectivity index (χ2v) is 32.5. The normalized spacial score (nSPS) is 32.6. The number of hydrogen-bond donors (Lipinski definition) is 7. The van der Waals surface area contributed by atoms with Crippen molar-refractivity contribution < 1.29 is 42.9 Å². The zero-order valence-corrected chi connectivity index (χ0v) is 56.9. The molecule has 97 heavy (non-hydrogen) atoms. The molecule has 13 heteroatoms. The van der Waals surface area contributed by atoms with Crippen LogP contribution in [0.3, 0.4) is 0 Å². The molecule has 4 fully saturated rings. The summed E-state index contributed by atoms with van der Waals surface area (Å²) in [6.45, 7) is 4.48. The molecule has 12 nitrogen and oxygen atoms in total. The Hall–Kier alpha value is -7.28. The molecule has 0 aromatic heterocycles. The van der Waals surface area contributed by atoms with Crippen LogP contribution in [0.4, 0.5) is 0 Å². The predicted molar refractivity (Wildman–Crippen MR) is 381 cm³/mol. The van der Waals surface area contributed by atoms with Crippen LogP contribution in [0.15, 0.2) is 168 Å². The molecular formula is C84H95N3O9S. The number of ether oxygens (including phenoxy) is 2. The summed E-state index contributed by atoms with van der Waals surface area (Å²) in [4.78, 5) is 5.40. The van der Waals surface area contributed by atoms with Crippen molar-refractivity contribution in [3.05, 3.63) is 225 Å². The highest BCUT2D eigenvalue weighted by atomic mass is 32.2. The number of aryl methyl sites for hydroxylation is 1. The molecule has 17 rings (SSSR count). The number of guanidine groups is 1. The third kappa shape index (κ3) is 12.8. The van der Waals surface area contributed by atoms with Crippen molar-refractivity contribution in [1.82, 2.24) is 0 Å². The van der Waals surface area contributed by atoms with Crippen LogP contribution in [0, 0.1) is 59.2 Å². The molecule has 1 saturated heterocycles. The standard InChI is InChI=1S/C84H95N3O9S/c1-50-10-8-15-58(38-50)71-34-27-55-14-6-7-17-69(55)74(71)46-78(90)56-22-20-54(21-23-56)61-26-28-64-31-37-76(77(83(64,91)48-61)40-52-11-4-3-5-12-52)84(87-82(85)86)65-29-24-57(25-30-65)80-62-41-63(81-72-35-32-66(89)42-59(72)16-9-13-53(49-88)39-68(44-62)95-81)45-75(80)79(97(92,93)94)47-73-51(2)18-19-60-43-67(96-84)33-36-70(60)73/h3-7,11-12,14,17,20-25,27,29-30,32-36,42-43,45,50-51,53,58,61-62,64,68,73,75-81,88-91H,8,10,13,15,18-19,26,28,31,37-41,44,46-49H2,1-2H3,(H4,85,86,87)(H,92,93,94)/t50-,51+,53+,58+,61+,62-,64-,68-,73+,75-,76+,77-,78+,79-,80+,81-,83+,84+/m1/s1. The van der Waals surface area contributed by atoms with E-state index < -0.39 is 62.6 Å². The van der Waals surface area contributed by atoms with Gasteiger partial charge in [-0.25, -0.2) is 4.99 Å². The fourth-order valence-corrected chi connectivity index (χ4v) is 21.4. The molecule has 506 valence electrons. The minimum atomic E-state index is -4.73. The maximum atomic E-state index is 14.6. The number of phenolic OH excluding ortho intramolecular Hbond substituents is 1. The summed E-state index contributed by atoms with van der Waals surface area (Å²) in [7, 11) is -4.73. The largest absolute Gasteiger partial charge is 0.508 e. The highest BCUT2D eigenvalue weighted by Crippen LogP contribution is 2.61. The number of fused-ring (bicyclic) bond motifs is 10. The van der Waals surface area contributed by atoms with Gasteiger partial charge in [0.15, 0.2) is 5.96 Å². The van der Waals surface area contributed by atoms with Gasteiger partial charge in [0, 0.05) is 53.9 Å². The lowest BCUT2D eigenvalue weighted by atomic mass is 9.53. The van der Waals surface area contributed by atoms with Gasteiger partial charge < -0.3 is 41.4 Å². The van der Waals surface area contributed by atoms with E-state index in [-0.39, 0.29) is 66.3 Å². The number of aliphatic hydroxyl groups is 3. The van der Waals surface area contributed by atoms with Crippen molar-refractivity contribution in [1.29, 1.82) is 0 Å². The number of allylic oxidation sites excluding steroid dienone is 1. The van der Waals surface area contributed by atoms with Crippen LogP contribution in [0.25, 0.3) is 10.8 Å². The first kappa shape index (κ1) is 65.6. The molecule has 5 aliphatic heterocycles. The molecule has 3 saturated carbocycles. The van der Waals surface area contributed by atoms with Crippen molar-refractivity contribution in [3.8, 4) is 23.3 Å². The smallest absolute Gasteiger partial charge is 0.268 e. The van der Waals surface area contributed by atoms with Crippen molar-refractivity contribution in [2.24, 2.45) is 63.8 Å². The number of hydrogen-bond acceptors (Lipinski definition) is 9. The minimum Gasteiger partial charge on any atom is -0.508 e. The van der Waals surface area contributed by atoms with Gasteiger partial charge in [-0.05, 0) is 228 Å². The van der Waals surface area contributed by atoms with E-state index in [1.807, 2.05) is 18.2 Å². The number of aliphatic hydroxyl groups excluding tert-OH is 2. The topological polar surface area (TPSA) is 218 Å². The molecule has 7 aromatic rings. The lowest BCUT2D eigenvalue weighted by molar-refractivity contribution is -0.177. The zero-order valence-electron chi connectivity index (χ0n) is 56.1. The highest BCUT2D eigenvalue weighted by molar-refractivity contribution is 7.86. The Bertz CT molecular complexity index is 4290. The lowest BCUT2D eigenvalue weighted by Crippen LogP contribution is -2.60. The van der Waals surface area contributed by atoms with Crippen LogP contribution in [-0.2, 0) is 39.8 Å². The Morgan fingerprint density at radius 1 is 0.773 bits per heavy atom. The number of aromatic hydroxyl groups is 1. The average molecular weight is 1320 g/mol. The SMILES string of the molecule is C[C@@H]1CCC[C@H](c2ccc3ccccc3c2C[C@H](O)c2ccc([C@H]3CC[C@@H]4CC[C@H]([C@@]5(N=C(N)N)Oc6ccc7c(c6)CC[C@H](C)[C@@H]7C[C@@H](S(=O)(=O)O)[C@H]6C=C7C[C@H](C[C@H]8C[C@@H](CO)CC#Cc9cc(O)ccc9[C@@H]7O8)[C@@H]6c6ccc5cc6)[C@@H](Cc5ccccc5)[C@]4(O)C3)cc2)C1. The first-order valence-corrected chi connectivity index (χ1v) is 37.7. The Morgan fingerprint density at radius 2 is 1.54 bits per heavy atom. The van der Waals surface area contributed by atoms with E-state index in [2.05, 4.69) is 153 Å². The van der Waals surface area contributed by atoms with E-state index in [4.69, 9.17) is 25.9 Å². The fraction of sp³-hybridized carbons (Fsp3) is 0.464. The summed E-state index contributed by atoms with van der Waals surface area (Å²) in [6, 6.07) is 51.9. The number of aliphatic imine (C=N–C) groups is 1. The van der Waals surface area contributed by atoms with E-state index in [0.29, 0.717) is 86.5 Å². The third-order valence-corrected chi connectivity index (χ3v) is 26.3. The molecule has 5 heterocycles. The number of nitrogens with two attached hydrogens (primary N) is 2. The Kier molecular flexibility index (Phi) is 18.1. The van der Waals surface area contributed by atoms with Crippen LogP contribution in [0.5, 0.6) is 11.5 Å². The molecule has 0 amide bonds. The van der Waals surface area contributed by atoms with E-state index in [0.717, 1.165) is 70.2 Å². The van der Waals surface area contributed by atoms with Crippen molar-refractivity contribution in [2.45, 2.75) is 188 Å². The van der Waals surface area contributed by atoms with Gasteiger partial charge in [-0.3, -0.25) is 4.55 Å². The van der Waals surface area contributed by atoms with E-state index in [1.54, 1.807) is 12.1 Å². The number of rotatable bonds is 11. The molecular weight excluding hydrogens is 1230 g/mol. The Morgan fingerprint density at radius 3 is 2.32 bits per heavy atom. The average Bonchev–Trinajstić information content (AvgIpc) is 1.36. The number of phenols is 1. The summed E-state index contributed by atoms with van der Waals surface area (Å²) < 4.78 is 56.2. The summed E-state index contributed by atoms with van der Waals surface area (Å²) in [6.07, 6.45) is 13.7. The van der Waals surface area contributed by atoms with Crippen molar-refractivity contribution in [3.63, 3.8) is 0 Å². The van der Waals surface area contributed by atoms with Crippen LogP contribution < -0.4 is 16.2 Å².